The lowest BCUT2D eigenvalue weighted by Gasteiger charge is -2.12. The van der Waals surface area contributed by atoms with Crippen LogP contribution in [0, 0.1) is 0 Å². The van der Waals surface area contributed by atoms with Crippen LogP contribution in [0.3, 0.4) is 0 Å². The van der Waals surface area contributed by atoms with Gasteiger partial charge in [-0.2, -0.15) is 0 Å². The van der Waals surface area contributed by atoms with Crippen molar-refractivity contribution >= 4 is 23.6 Å². The summed E-state index contributed by atoms with van der Waals surface area (Å²) in [4.78, 5) is 25.5. The van der Waals surface area contributed by atoms with Crippen molar-refractivity contribution in [2.24, 2.45) is 0 Å². The Bertz CT molecular complexity index is 1040. The van der Waals surface area contributed by atoms with Gasteiger partial charge >= 0.3 is 0 Å². The van der Waals surface area contributed by atoms with E-state index in [4.69, 9.17) is 10.5 Å². The second-order valence-electron chi connectivity index (χ2n) is 6.53. The maximum Gasteiger partial charge on any atom is 0.268 e. The summed E-state index contributed by atoms with van der Waals surface area (Å²) in [6, 6.07) is 23.2. The largest absolute Gasteiger partial charge is 0.497 e. The fraction of sp³-hybridized carbons (Fsp3) is 0.0833. The highest BCUT2D eigenvalue weighted by Gasteiger charge is 2.15. The molecule has 0 aromatic heterocycles. The molecule has 3 aromatic rings. The number of para-hydroxylation sites is 1. The van der Waals surface area contributed by atoms with E-state index in [0.29, 0.717) is 17.0 Å². The van der Waals surface area contributed by atoms with Crippen LogP contribution >= 0.6 is 0 Å². The van der Waals surface area contributed by atoms with E-state index in [1.807, 2.05) is 24.3 Å². The van der Waals surface area contributed by atoms with Crippen molar-refractivity contribution in [1.82, 2.24) is 10.6 Å². The number of methoxy groups -OCH3 is 1. The van der Waals surface area contributed by atoms with Gasteiger partial charge in [0, 0.05) is 17.8 Å². The normalized spacial score (nSPS) is 10.9. The molecule has 3 rings (SSSR count). The molecular formula is C24H23N3O3. The predicted octanol–water partition coefficient (Wildman–Crippen LogP) is 3.36. The Kier molecular flexibility index (Phi) is 6.84. The molecular weight excluding hydrogens is 378 g/mol. The summed E-state index contributed by atoms with van der Waals surface area (Å²) in [6.07, 6.45) is 1.62. The maximum atomic E-state index is 12.9. The van der Waals surface area contributed by atoms with Crippen LogP contribution in [0.25, 0.3) is 6.08 Å². The lowest BCUT2D eigenvalue weighted by atomic mass is 10.1. The molecule has 2 amide bonds. The molecule has 6 heteroatoms. The van der Waals surface area contributed by atoms with E-state index in [9.17, 15) is 9.59 Å². The lowest BCUT2D eigenvalue weighted by Crippen LogP contribution is -2.34. The lowest BCUT2D eigenvalue weighted by molar-refractivity contribution is -0.117. The maximum absolute atomic E-state index is 12.9. The molecule has 30 heavy (non-hydrogen) atoms. The number of hydrogen-bond acceptors (Lipinski definition) is 4. The summed E-state index contributed by atoms with van der Waals surface area (Å²) in [5, 5.41) is 5.52. The summed E-state index contributed by atoms with van der Waals surface area (Å²) in [7, 11) is 1.58. The number of hydrogen-bond donors (Lipinski definition) is 3. The number of ether oxygens (including phenoxy) is 1. The van der Waals surface area contributed by atoms with Gasteiger partial charge in [-0.25, -0.2) is 0 Å². The smallest absolute Gasteiger partial charge is 0.268 e. The van der Waals surface area contributed by atoms with E-state index < -0.39 is 5.91 Å². The molecule has 0 heterocycles. The number of nitrogens with one attached hydrogen (secondary N) is 2. The van der Waals surface area contributed by atoms with Gasteiger partial charge in [-0.05, 0) is 47.5 Å². The number of nitrogen functional groups attached to an aromatic ring is 1. The molecule has 0 saturated heterocycles. The van der Waals surface area contributed by atoms with Crippen LogP contribution in [0.4, 0.5) is 5.69 Å². The van der Waals surface area contributed by atoms with Gasteiger partial charge in [0.05, 0.1) is 7.11 Å². The Hall–Kier alpha value is -4.06. The van der Waals surface area contributed by atoms with E-state index in [1.165, 1.54) is 0 Å². The SMILES string of the molecule is COc1ccc(C=C(NC(=O)c2ccccc2)C(=O)NCc2ccccc2N)cc1. The first kappa shape index (κ1) is 20.7. The Morgan fingerprint density at radius 3 is 2.27 bits per heavy atom. The van der Waals surface area contributed by atoms with Crippen molar-refractivity contribution in [3.8, 4) is 5.75 Å². The molecule has 4 N–H and O–H groups in total. The minimum Gasteiger partial charge on any atom is -0.497 e. The van der Waals surface area contributed by atoms with Gasteiger partial charge in [-0.1, -0.05) is 48.5 Å². The van der Waals surface area contributed by atoms with Crippen LogP contribution in [0.1, 0.15) is 21.5 Å². The second-order valence-corrected chi connectivity index (χ2v) is 6.53. The van der Waals surface area contributed by atoms with Gasteiger partial charge < -0.3 is 21.1 Å². The van der Waals surface area contributed by atoms with Crippen molar-refractivity contribution in [2.75, 3.05) is 12.8 Å². The molecule has 0 saturated carbocycles. The highest BCUT2D eigenvalue weighted by Crippen LogP contribution is 2.15. The van der Waals surface area contributed by atoms with Gasteiger partial charge in [0.1, 0.15) is 11.4 Å². The van der Waals surface area contributed by atoms with Crippen LogP contribution < -0.4 is 21.1 Å². The fourth-order valence-corrected chi connectivity index (χ4v) is 2.78. The molecule has 0 atom stereocenters. The summed E-state index contributed by atoms with van der Waals surface area (Å²) >= 11 is 0. The summed E-state index contributed by atoms with van der Waals surface area (Å²) in [5.41, 5.74) is 8.66. The molecule has 152 valence electrons. The number of anilines is 1. The van der Waals surface area contributed by atoms with Crippen LogP contribution in [-0.4, -0.2) is 18.9 Å². The first-order chi connectivity index (χ1) is 14.6. The number of carbonyl (C=O) groups is 2. The van der Waals surface area contributed by atoms with Gasteiger partial charge in [0.15, 0.2) is 0 Å². The third kappa shape index (κ3) is 5.48. The second kappa shape index (κ2) is 9.93. The minimum atomic E-state index is -0.418. The van der Waals surface area contributed by atoms with Crippen molar-refractivity contribution < 1.29 is 14.3 Å². The molecule has 0 aliphatic carbocycles. The Morgan fingerprint density at radius 1 is 0.933 bits per heavy atom. The molecule has 0 bridgehead atoms. The number of carbonyl (C=O) groups excluding carboxylic acids is 2. The third-order valence-electron chi connectivity index (χ3n) is 4.45. The Morgan fingerprint density at radius 2 is 1.60 bits per heavy atom. The Balaban J connectivity index is 1.82. The zero-order valence-electron chi connectivity index (χ0n) is 16.6. The number of nitrogens with two attached hydrogens (primary N) is 1. The zero-order valence-corrected chi connectivity index (χ0v) is 16.6. The van der Waals surface area contributed by atoms with E-state index in [0.717, 1.165) is 11.1 Å². The molecule has 6 nitrogen and oxygen atoms in total. The number of benzene rings is 3. The highest BCUT2D eigenvalue weighted by molar-refractivity contribution is 6.05. The van der Waals surface area contributed by atoms with Gasteiger partial charge in [-0.15, -0.1) is 0 Å². The quantitative estimate of drug-likeness (QED) is 0.418. The third-order valence-corrected chi connectivity index (χ3v) is 4.45. The number of amides is 2. The van der Waals surface area contributed by atoms with E-state index >= 15 is 0 Å². The molecule has 0 fully saturated rings. The average molecular weight is 401 g/mol. The number of rotatable bonds is 7. The van der Waals surface area contributed by atoms with Crippen LogP contribution in [0.2, 0.25) is 0 Å². The molecule has 0 aliphatic rings. The van der Waals surface area contributed by atoms with E-state index in [2.05, 4.69) is 10.6 Å². The topological polar surface area (TPSA) is 93.4 Å². The van der Waals surface area contributed by atoms with E-state index in [1.54, 1.807) is 67.8 Å². The van der Waals surface area contributed by atoms with Crippen LogP contribution in [0.15, 0.2) is 84.6 Å². The average Bonchev–Trinajstić information content (AvgIpc) is 2.79. The molecule has 0 spiro atoms. The van der Waals surface area contributed by atoms with Gasteiger partial charge in [0.25, 0.3) is 11.8 Å². The predicted molar refractivity (Wildman–Crippen MR) is 118 cm³/mol. The first-order valence-corrected chi connectivity index (χ1v) is 9.40. The molecule has 0 unspecified atom stereocenters. The van der Waals surface area contributed by atoms with Crippen LogP contribution in [0.5, 0.6) is 5.75 Å². The summed E-state index contributed by atoms with van der Waals surface area (Å²) in [6.45, 7) is 0.243. The van der Waals surface area contributed by atoms with Crippen molar-refractivity contribution in [3.63, 3.8) is 0 Å². The Labute approximate surface area is 175 Å². The molecule has 0 aliphatic heterocycles. The van der Waals surface area contributed by atoms with Crippen LogP contribution in [-0.2, 0) is 11.3 Å². The summed E-state index contributed by atoms with van der Waals surface area (Å²) in [5.74, 6) is -0.0888. The highest BCUT2D eigenvalue weighted by atomic mass is 16.5. The van der Waals surface area contributed by atoms with Gasteiger partial charge in [-0.3, -0.25) is 9.59 Å². The summed E-state index contributed by atoms with van der Waals surface area (Å²) < 4.78 is 5.16. The van der Waals surface area contributed by atoms with Crippen molar-refractivity contribution in [1.29, 1.82) is 0 Å². The molecule has 0 radical (unpaired) electrons. The monoisotopic (exact) mass is 401 g/mol. The van der Waals surface area contributed by atoms with Crippen molar-refractivity contribution in [3.05, 3.63) is 101 Å². The van der Waals surface area contributed by atoms with E-state index in [-0.39, 0.29) is 18.1 Å². The molecule has 3 aromatic carbocycles. The first-order valence-electron chi connectivity index (χ1n) is 9.40. The standard InChI is InChI=1S/C24H23N3O3/c1-30-20-13-11-17(12-14-20)15-22(27-23(28)18-7-3-2-4-8-18)24(29)26-16-19-9-5-6-10-21(19)25/h2-15H,16,25H2,1H3,(H,26,29)(H,27,28). The zero-order chi connectivity index (χ0) is 21.3. The fourth-order valence-electron chi connectivity index (χ4n) is 2.78. The minimum absolute atomic E-state index is 0.128. The van der Waals surface area contributed by atoms with Gasteiger partial charge in [0.2, 0.25) is 0 Å². The van der Waals surface area contributed by atoms with Crippen molar-refractivity contribution in [2.45, 2.75) is 6.54 Å².